The molecule has 41 heavy (non-hydrogen) atoms. The van der Waals surface area contributed by atoms with Gasteiger partial charge in [-0.3, -0.25) is 0 Å². The van der Waals surface area contributed by atoms with Crippen molar-refractivity contribution >= 4 is 30.6 Å². The van der Waals surface area contributed by atoms with Gasteiger partial charge < -0.3 is 28.8 Å². The molecule has 3 rings (SSSR count). The molecule has 2 aromatic carbocycles. The van der Waals surface area contributed by atoms with Gasteiger partial charge in [-0.05, 0) is 47.5 Å². The fourth-order valence-electron chi connectivity index (χ4n) is 5.39. The van der Waals surface area contributed by atoms with Gasteiger partial charge >= 0.3 is 11.9 Å². The van der Waals surface area contributed by atoms with Crippen molar-refractivity contribution < 1.29 is 38.4 Å². The van der Waals surface area contributed by atoms with Gasteiger partial charge in [0.15, 0.2) is 6.29 Å². The van der Waals surface area contributed by atoms with Crippen LogP contribution < -0.4 is 10.4 Å². The van der Waals surface area contributed by atoms with Crippen LogP contribution in [0, 0.1) is 0 Å². The number of carbonyl (C=O) groups is 2. The highest BCUT2D eigenvalue weighted by atomic mass is 28.4. The van der Waals surface area contributed by atoms with Crippen LogP contribution in [0.5, 0.6) is 0 Å². The highest BCUT2D eigenvalue weighted by Crippen LogP contribution is 2.37. The average Bonchev–Trinajstić information content (AvgIpc) is 2.96. The molecule has 0 radical (unpaired) electrons. The van der Waals surface area contributed by atoms with Crippen molar-refractivity contribution in [3.63, 3.8) is 0 Å². The second-order valence-electron chi connectivity index (χ2n) is 11.7. The second kappa shape index (κ2) is 15.6. The molecule has 1 heterocycles. The predicted molar refractivity (Wildman–Crippen MR) is 160 cm³/mol. The number of benzene rings is 2. The van der Waals surface area contributed by atoms with Gasteiger partial charge in [0.05, 0.1) is 6.61 Å². The second-order valence-corrected chi connectivity index (χ2v) is 16.0. The molecule has 226 valence electrons. The molecule has 0 saturated carbocycles. The van der Waals surface area contributed by atoms with Crippen molar-refractivity contribution in [3.8, 4) is 0 Å². The molecule has 2 aromatic rings. The van der Waals surface area contributed by atoms with Gasteiger partial charge in [0, 0.05) is 19.8 Å². The average molecular weight is 587 g/mol. The normalized spacial score (nSPS) is 16.4. The summed E-state index contributed by atoms with van der Waals surface area (Å²) in [4.78, 5) is 25.0. The number of carboxylic acids is 2. The van der Waals surface area contributed by atoms with E-state index in [-0.39, 0.29) is 12.9 Å². The van der Waals surface area contributed by atoms with Crippen LogP contribution in [0.2, 0.25) is 5.04 Å². The third-order valence-electron chi connectivity index (χ3n) is 7.68. The van der Waals surface area contributed by atoms with Gasteiger partial charge in [0.25, 0.3) is 13.9 Å². The Morgan fingerprint density at radius 3 is 1.85 bits per heavy atom. The molecule has 1 aliphatic heterocycles. The summed E-state index contributed by atoms with van der Waals surface area (Å²) < 4.78 is 23.7. The van der Waals surface area contributed by atoms with Gasteiger partial charge in [-0.2, -0.15) is 0 Å². The molecule has 0 amide bonds. The van der Waals surface area contributed by atoms with Gasteiger partial charge in [-0.1, -0.05) is 101 Å². The van der Waals surface area contributed by atoms with E-state index in [1.165, 1.54) is 0 Å². The molecule has 0 spiro atoms. The maximum atomic E-state index is 12.5. The van der Waals surface area contributed by atoms with Crippen molar-refractivity contribution in [2.24, 2.45) is 0 Å². The first-order chi connectivity index (χ1) is 19.6. The van der Waals surface area contributed by atoms with Gasteiger partial charge in [-0.25, -0.2) is 9.59 Å². The van der Waals surface area contributed by atoms with E-state index in [0.717, 1.165) is 61.9 Å². The van der Waals surface area contributed by atoms with Crippen LogP contribution in [0.4, 0.5) is 0 Å². The maximum Gasteiger partial charge on any atom is 0.350 e. The molecular weight excluding hydrogens is 540 g/mol. The smallest absolute Gasteiger partial charge is 0.350 e. The van der Waals surface area contributed by atoms with Gasteiger partial charge in [0.2, 0.25) is 0 Å². The molecule has 1 fully saturated rings. The van der Waals surface area contributed by atoms with E-state index in [4.69, 9.17) is 18.6 Å². The Labute approximate surface area is 245 Å². The first-order valence-electron chi connectivity index (χ1n) is 14.7. The number of ether oxygens (including phenoxy) is 3. The first kappa shape index (κ1) is 32.9. The Balaban J connectivity index is 1.64. The fourth-order valence-corrected chi connectivity index (χ4v) is 9.97. The third kappa shape index (κ3) is 8.48. The number of carboxylic acid groups (broad SMARTS) is 2. The molecule has 1 unspecified atom stereocenters. The summed E-state index contributed by atoms with van der Waals surface area (Å²) in [6, 6.07) is 19.4. The molecular formula is C32H46O8Si. The monoisotopic (exact) mass is 586 g/mol. The molecule has 9 heteroatoms. The van der Waals surface area contributed by atoms with E-state index < -0.39 is 37.5 Å². The zero-order valence-electron chi connectivity index (χ0n) is 24.7. The lowest BCUT2D eigenvalue weighted by Crippen LogP contribution is -2.68. The SMILES string of the molecule is CC(C)(C)[Si](OCC(OCCCCCCCOC1CCCCO1)(C(=O)O)C(=O)O)(c1ccccc1)c1ccccc1. The Kier molecular flexibility index (Phi) is 12.5. The van der Waals surface area contributed by atoms with Crippen LogP contribution in [0.25, 0.3) is 0 Å². The predicted octanol–water partition coefficient (Wildman–Crippen LogP) is 4.98. The van der Waals surface area contributed by atoms with Crippen molar-refractivity contribution in [2.75, 3.05) is 26.4 Å². The number of unbranched alkanes of at least 4 members (excludes halogenated alkanes) is 4. The molecule has 0 bridgehead atoms. The molecule has 1 atom stereocenters. The standard InChI is InChI=1S/C32H46O8Si/c1-31(2,3)41(26-17-9-7-10-18-26,27-19-11-8-12-20-27)40-25-32(29(33)34,30(35)36)39-24-15-6-4-5-14-22-37-28-21-13-16-23-38-28/h7-12,17-20,28H,4-6,13-16,21-25H2,1-3H3,(H,33,34)(H,35,36). The number of hydrogen-bond donors (Lipinski definition) is 2. The molecule has 1 saturated heterocycles. The Morgan fingerprint density at radius 2 is 1.37 bits per heavy atom. The Morgan fingerprint density at radius 1 is 0.829 bits per heavy atom. The van der Waals surface area contributed by atoms with Crippen molar-refractivity contribution in [1.29, 1.82) is 0 Å². The van der Waals surface area contributed by atoms with E-state index in [0.29, 0.717) is 13.0 Å². The zero-order chi connectivity index (χ0) is 29.8. The number of aliphatic carboxylic acids is 2. The van der Waals surface area contributed by atoms with Crippen LogP contribution in [-0.2, 0) is 28.2 Å². The minimum atomic E-state index is -3.16. The molecule has 2 N–H and O–H groups in total. The lowest BCUT2D eigenvalue weighted by atomic mass is 10.1. The molecule has 0 aromatic heterocycles. The Hall–Kier alpha value is -2.56. The van der Waals surface area contributed by atoms with E-state index in [1.54, 1.807) is 0 Å². The zero-order valence-corrected chi connectivity index (χ0v) is 25.7. The first-order valence-corrected chi connectivity index (χ1v) is 16.6. The lowest BCUT2D eigenvalue weighted by Gasteiger charge is -2.44. The summed E-state index contributed by atoms with van der Waals surface area (Å²) >= 11 is 0. The van der Waals surface area contributed by atoms with Crippen LogP contribution >= 0.6 is 0 Å². The maximum absolute atomic E-state index is 12.5. The lowest BCUT2D eigenvalue weighted by molar-refractivity contribution is -0.188. The van der Waals surface area contributed by atoms with Crippen LogP contribution in [0.3, 0.4) is 0 Å². The highest BCUT2D eigenvalue weighted by molar-refractivity contribution is 6.99. The van der Waals surface area contributed by atoms with Crippen LogP contribution in [0.15, 0.2) is 60.7 Å². The topological polar surface area (TPSA) is 112 Å². The summed E-state index contributed by atoms with van der Waals surface area (Å²) in [6.45, 7) is 6.98. The number of rotatable bonds is 17. The molecule has 0 aliphatic carbocycles. The van der Waals surface area contributed by atoms with Gasteiger partial charge in [-0.15, -0.1) is 0 Å². The minimum absolute atomic E-state index is 0.00905. The minimum Gasteiger partial charge on any atom is -0.479 e. The summed E-state index contributed by atoms with van der Waals surface area (Å²) in [7, 11) is -3.16. The molecule has 1 aliphatic rings. The molecule has 8 nitrogen and oxygen atoms in total. The van der Waals surface area contributed by atoms with E-state index in [9.17, 15) is 19.8 Å². The van der Waals surface area contributed by atoms with Crippen molar-refractivity contribution in [1.82, 2.24) is 0 Å². The quantitative estimate of drug-likeness (QED) is 0.152. The summed E-state index contributed by atoms with van der Waals surface area (Å²) in [5.74, 6) is -3.13. The van der Waals surface area contributed by atoms with Crippen molar-refractivity contribution in [2.45, 2.75) is 89.1 Å². The van der Waals surface area contributed by atoms with E-state index in [2.05, 4.69) is 20.8 Å². The summed E-state index contributed by atoms with van der Waals surface area (Å²) in [5.41, 5.74) is -2.51. The van der Waals surface area contributed by atoms with Gasteiger partial charge in [0.1, 0.15) is 0 Å². The summed E-state index contributed by atoms with van der Waals surface area (Å²) in [6.07, 6.45) is 7.26. The van der Waals surface area contributed by atoms with Crippen molar-refractivity contribution in [3.05, 3.63) is 60.7 Å². The van der Waals surface area contributed by atoms with Crippen LogP contribution in [-0.4, -0.2) is 68.8 Å². The summed E-state index contributed by atoms with van der Waals surface area (Å²) in [5, 5.41) is 21.7. The highest BCUT2D eigenvalue weighted by Gasteiger charge is 2.55. The largest absolute Gasteiger partial charge is 0.479 e. The number of hydrogen-bond acceptors (Lipinski definition) is 6. The van der Waals surface area contributed by atoms with E-state index in [1.807, 2.05) is 60.7 Å². The van der Waals surface area contributed by atoms with Crippen LogP contribution in [0.1, 0.15) is 72.1 Å². The third-order valence-corrected chi connectivity index (χ3v) is 12.7. The Bertz CT molecular complexity index is 1010. The van der Waals surface area contributed by atoms with E-state index >= 15 is 0 Å². The fraction of sp³-hybridized carbons (Fsp3) is 0.562.